The Balaban J connectivity index is 0.000000324. The number of rotatable bonds is 2. The van der Waals surface area contributed by atoms with Gasteiger partial charge in [-0.05, 0) is 12.8 Å². The molecule has 19 heavy (non-hydrogen) atoms. The van der Waals surface area contributed by atoms with Crippen molar-refractivity contribution in [2.75, 3.05) is 0 Å². The van der Waals surface area contributed by atoms with E-state index < -0.39 is 24.0 Å². The molecular weight excluding hydrogens is 300 g/mol. The van der Waals surface area contributed by atoms with Gasteiger partial charge in [-0.25, -0.2) is 9.59 Å². The van der Waals surface area contributed by atoms with E-state index >= 15 is 0 Å². The molecule has 2 aliphatic heterocycles. The van der Waals surface area contributed by atoms with Crippen LogP contribution in [0, 0.1) is 0 Å². The van der Waals surface area contributed by atoms with Crippen LogP contribution in [-0.2, 0) is 36.2 Å². The van der Waals surface area contributed by atoms with E-state index in [0.29, 0.717) is 25.7 Å². The molecule has 0 aromatic carbocycles. The fourth-order valence-electron chi connectivity index (χ4n) is 1.60. The summed E-state index contributed by atoms with van der Waals surface area (Å²) >= 11 is 0. The molecule has 0 unspecified atom stereocenters. The molecule has 0 bridgehead atoms. The smallest absolute Gasteiger partial charge is 0.480 e. The van der Waals surface area contributed by atoms with Gasteiger partial charge in [0.15, 0.2) is 0 Å². The third-order valence-corrected chi connectivity index (χ3v) is 2.59. The van der Waals surface area contributed by atoms with E-state index in [1.807, 2.05) is 0 Å². The molecular formula is C10H14FeN2O6+2. The van der Waals surface area contributed by atoms with Gasteiger partial charge in [-0.2, -0.15) is 0 Å². The van der Waals surface area contributed by atoms with Crippen molar-refractivity contribution < 1.29 is 46.5 Å². The van der Waals surface area contributed by atoms with Gasteiger partial charge in [0.1, 0.15) is 12.1 Å². The number of carboxylic acids is 2. The van der Waals surface area contributed by atoms with Crippen molar-refractivity contribution in [3.05, 3.63) is 0 Å². The van der Waals surface area contributed by atoms with E-state index in [-0.39, 0.29) is 28.9 Å². The van der Waals surface area contributed by atoms with E-state index in [4.69, 9.17) is 10.2 Å². The van der Waals surface area contributed by atoms with Gasteiger partial charge in [0.2, 0.25) is 11.8 Å². The van der Waals surface area contributed by atoms with Crippen LogP contribution in [0.2, 0.25) is 0 Å². The van der Waals surface area contributed by atoms with Crippen LogP contribution in [0.25, 0.3) is 0 Å². The summed E-state index contributed by atoms with van der Waals surface area (Å²) in [5, 5.41) is 21.3. The van der Waals surface area contributed by atoms with Crippen LogP contribution in [0.4, 0.5) is 0 Å². The number of aliphatic carboxylic acids is 2. The second kappa shape index (κ2) is 7.75. The molecule has 106 valence electrons. The first-order valence-corrected chi connectivity index (χ1v) is 5.44. The minimum atomic E-state index is -0.944. The predicted molar refractivity (Wildman–Crippen MR) is 57.6 cm³/mol. The Morgan fingerprint density at radius 2 is 1.21 bits per heavy atom. The van der Waals surface area contributed by atoms with Crippen molar-refractivity contribution in [3.63, 3.8) is 0 Å². The van der Waals surface area contributed by atoms with Gasteiger partial charge in [-0.15, -0.1) is 0 Å². The monoisotopic (exact) mass is 314 g/mol. The van der Waals surface area contributed by atoms with E-state index in [0.717, 1.165) is 0 Å². The van der Waals surface area contributed by atoms with Crippen LogP contribution < -0.4 is 10.6 Å². The summed E-state index contributed by atoms with van der Waals surface area (Å²) in [6, 6.07) is -1.28. The predicted octanol–water partition coefficient (Wildman–Crippen LogP) is -1.30. The van der Waals surface area contributed by atoms with Crippen LogP contribution in [0.3, 0.4) is 0 Å². The number of carbonyl (C=O) groups excluding carboxylic acids is 2. The molecule has 2 heterocycles. The number of carbonyl (C=O) groups is 4. The zero-order valence-electron chi connectivity index (χ0n) is 9.86. The molecule has 9 heteroatoms. The summed E-state index contributed by atoms with van der Waals surface area (Å²) in [5.74, 6) is -2.22. The Morgan fingerprint density at radius 3 is 1.32 bits per heavy atom. The fourth-order valence-corrected chi connectivity index (χ4v) is 1.60. The number of carboxylic acid groups (broad SMARTS) is 2. The molecule has 0 radical (unpaired) electrons. The minimum absolute atomic E-state index is 0. The molecule has 0 spiro atoms. The molecule has 2 saturated heterocycles. The maximum atomic E-state index is 10.4. The molecule has 0 aromatic heterocycles. The summed E-state index contributed by atoms with van der Waals surface area (Å²) in [4.78, 5) is 41.0. The van der Waals surface area contributed by atoms with Crippen LogP contribution in [-0.4, -0.2) is 46.0 Å². The maximum absolute atomic E-state index is 10.4. The molecule has 2 atom stereocenters. The third kappa shape index (κ3) is 5.71. The topological polar surface area (TPSA) is 133 Å². The number of hydrogen-bond donors (Lipinski definition) is 4. The molecule has 0 aromatic rings. The molecule has 2 fully saturated rings. The van der Waals surface area contributed by atoms with E-state index in [9.17, 15) is 19.2 Å². The van der Waals surface area contributed by atoms with Gasteiger partial charge in [0.25, 0.3) is 0 Å². The van der Waals surface area contributed by atoms with E-state index in [2.05, 4.69) is 10.6 Å². The third-order valence-electron chi connectivity index (χ3n) is 2.59. The van der Waals surface area contributed by atoms with Crippen molar-refractivity contribution in [3.8, 4) is 0 Å². The number of amides is 2. The molecule has 0 aliphatic carbocycles. The zero-order valence-corrected chi connectivity index (χ0v) is 11.0. The van der Waals surface area contributed by atoms with Crippen molar-refractivity contribution in [1.82, 2.24) is 10.6 Å². The summed E-state index contributed by atoms with van der Waals surface area (Å²) in [5.41, 5.74) is 0. The van der Waals surface area contributed by atoms with Gasteiger partial charge < -0.3 is 20.8 Å². The Morgan fingerprint density at radius 1 is 0.895 bits per heavy atom. The minimum Gasteiger partial charge on any atom is -0.480 e. The number of hydrogen-bond acceptors (Lipinski definition) is 4. The van der Waals surface area contributed by atoms with Gasteiger partial charge in [0.05, 0.1) is 0 Å². The first kappa shape index (κ1) is 17.4. The van der Waals surface area contributed by atoms with Gasteiger partial charge in [-0.1, -0.05) is 0 Å². The first-order chi connectivity index (χ1) is 8.40. The average molecular weight is 314 g/mol. The quantitative estimate of drug-likeness (QED) is 0.468. The Kier molecular flexibility index (Phi) is 7.10. The van der Waals surface area contributed by atoms with Crippen molar-refractivity contribution in [2.45, 2.75) is 37.8 Å². The van der Waals surface area contributed by atoms with Gasteiger partial charge >= 0.3 is 29.0 Å². The maximum Gasteiger partial charge on any atom is 2.00 e. The molecule has 2 amide bonds. The Hall–Kier alpha value is -1.60. The Bertz CT molecular complexity index is 350. The first-order valence-electron chi connectivity index (χ1n) is 5.44. The molecule has 8 nitrogen and oxygen atoms in total. The second-order valence-corrected chi connectivity index (χ2v) is 3.99. The second-order valence-electron chi connectivity index (χ2n) is 3.99. The van der Waals surface area contributed by atoms with E-state index in [1.165, 1.54) is 0 Å². The van der Waals surface area contributed by atoms with E-state index in [1.54, 1.807) is 0 Å². The van der Waals surface area contributed by atoms with Crippen molar-refractivity contribution >= 4 is 23.8 Å². The van der Waals surface area contributed by atoms with Crippen molar-refractivity contribution in [2.24, 2.45) is 0 Å². The zero-order chi connectivity index (χ0) is 13.7. The Labute approximate surface area is 119 Å². The van der Waals surface area contributed by atoms with Gasteiger partial charge in [-0.3, -0.25) is 9.59 Å². The van der Waals surface area contributed by atoms with Crippen molar-refractivity contribution in [1.29, 1.82) is 0 Å². The summed E-state index contributed by atoms with van der Waals surface area (Å²) in [7, 11) is 0. The summed E-state index contributed by atoms with van der Waals surface area (Å²) in [6.07, 6.45) is 1.54. The molecule has 4 N–H and O–H groups in total. The van der Waals surface area contributed by atoms with Crippen LogP contribution in [0.1, 0.15) is 25.7 Å². The number of nitrogens with one attached hydrogen (secondary N) is 2. The average Bonchev–Trinajstić information content (AvgIpc) is 2.88. The molecule has 2 aliphatic rings. The van der Waals surface area contributed by atoms with Crippen LogP contribution in [0.5, 0.6) is 0 Å². The van der Waals surface area contributed by atoms with Crippen LogP contribution in [0.15, 0.2) is 0 Å². The normalized spacial score (nSPS) is 24.4. The summed E-state index contributed by atoms with van der Waals surface area (Å²) in [6.45, 7) is 0. The molecule has 2 rings (SSSR count). The van der Waals surface area contributed by atoms with Gasteiger partial charge in [0, 0.05) is 12.8 Å². The van der Waals surface area contributed by atoms with Crippen LogP contribution >= 0.6 is 0 Å². The largest absolute Gasteiger partial charge is 2.00 e. The SMILES string of the molecule is O=C1CC[C@@H](C(=O)O)N1.O=C1CC[C@@H](C(=O)O)N1.[Fe+2]. The standard InChI is InChI=1S/2C5H7NO3.Fe/c2*7-4-2-1-3(6-4)5(8)9;/h2*3H,1-2H2,(H,6,7)(H,8,9);/q;;+2/t2*3-;/m00./s1. The fraction of sp³-hybridized carbons (Fsp3) is 0.600. The molecule has 0 saturated carbocycles. The summed E-state index contributed by atoms with van der Waals surface area (Å²) < 4.78 is 0.